The quantitative estimate of drug-likeness (QED) is 0.683. The second-order valence-electron chi connectivity index (χ2n) is 3.73. The Hall–Kier alpha value is -1.96. The van der Waals surface area contributed by atoms with Gasteiger partial charge in [-0.1, -0.05) is 0 Å². The van der Waals surface area contributed by atoms with Crippen molar-refractivity contribution >= 4 is 38.4 Å². The van der Waals surface area contributed by atoms with Crippen molar-refractivity contribution in [2.45, 2.75) is 13.0 Å². The zero-order valence-electron chi connectivity index (χ0n) is 9.17. The zero-order valence-corrected chi connectivity index (χ0v) is 10.8. The molecule has 0 saturated carbocycles. The van der Waals surface area contributed by atoms with Gasteiger partial charge in [-0.25, -0.2) is 0 Å². The zero-order chi connectivity index (χ0) is 13.3. The summed E-state index contributed by atoms with van der Waals surface area (Å²) in [6.07, 6.45) is 1.83. The van der Waals surface area contributed by atoms with E-state index in [-0.39, 0.29) is 12.1 Å². The highest BCUT2D eigenvalue weighted by molar-refractivity contribution is 9.10. The predicted octanol–water partition coefficient (Wildman–Crippen LogP) is 1.58. The Morgan fingerprint density at radius 1 is 1.56 bits per heavy atom. The molecular weight excluding hydrogens is 304 g/mol. The van der Waals surface area contributed by atoms with Gasteiger partial charge in [-0.3, -0.25) is 19.6 Å². The Balaban J connectivity index is 2.39. The smallest absolute Gasteiger partial charge is 0.284 e. The maximum Gasteiger partial charge on any atom is 0.284 e. The molecule has 18 heavy (non-hydrogen) atoms. The van der Waals surface area contributed by atoms with Crippen molar-refractivity contribution in [1.82, 2.24) is 9.78 Å². The van der Waals surface area contributed by atoms with Gasteiger partial charge in [-0.15, -0.1) is 0 Å². The van der Waals surface area contributed by atoms with Crippen LogP contribution < -0.4 is 5.73 Å². The second-order valence-corrected chi connectivity index (χ2v) is 4.58. The van der Waals surface area contributed by atoms with Crippen LogP contribution in [0, 0.1) is 10.1 Å². The summed E-state index contributed by atoms with van der Waals surface area (Å²) in [4.78, 5) is 21.0. The molecule has 94 valence electrons. The number of benzene rings is 1. The lowest BCUT2D eigenvalue weighted by Gasteiger charge is -1.96. The van der Waals surface area contributed by atoms with Crippen molar-refractivity contribution in [3.63, 3.8) is 0 Å². The highest BCUT2D eigenvalue weighted by atomic mass is 79.9. The van der Waals surface area contributed by atoms with E-state index in [2.05, 4.69) is 21.0 Å². The molecule has 0 fully saturated rings. The molecule has 2 N–H and O–H groups in total. The Morgan fingerprint density at radius 3 is 2.89 bits per heavy atom. The predicted molar refractivity (Wildman–Crippen MR) is 67.9 cm³/mol. The maximum absolute atomic E-state index is 10.8. The van der Waals surface area contributed by atoms with Gasteiger partial charge in [-0.05, 0) is 22.0 Å². The van der Waals surface area contributed by atoms with Gasteiger partial charge >= 0.3 is 0 Å². The number of nitrogens with two attached hydrogens (primary N) is 1. The van der Waals surface area contributed by atoms with Gasteiger partial charge in [0.1, 0.15) is 0 Å². The van der Waals surface area contributed by atoms with E-state index in [9.17, 15) is 14.9 Å². The normalized spacial score (nSPS) is 10.7. The van der Waals surface area contributed by atoms with Gasteiger partial charge < -0.3 is 5.73 Å². The summed E-state index contributed by atoms with van der Waals surface area (Å²) < 4.78 is 1.92. The molecule has 2 aromatic rings. The number of halogens is 1. The number of nitro groups is 1. The second kappa shape index (κ2) is 4.73. The van der Waals surface area contributed by atoms with Crippen LogP contribution in [0.5, 0.6) is 0 Å². The number of aryl methyl sites for hydroxylation is 1. The number of hydrogen-bond acceptors (Lipinski definition) is 4. The minimum absolute atomic E-state index is 0.0167. The van der Waals surface area contributed by atoms with Crippen LogP contribution in [0.1, 0.15) is 6.42 Å². The monoisotopic (exact) mass is 312 g/mol. The van der Waals surface area contributed by atoms with Gasteiger partial charge in [0.25, 0.3) is 5.69 Å². The number of aromatic nitrogens is 2. The van der Waals surface area contributed by atoms with Crippen LogP contribution in [0.4, 0.5) is 5.69 Å². The van der Waals surface area contributed by atoms with Crippen molar-refractivity contribution in [2.24, 2.45) is 5.73 Å². The van der Waals surface area contributed by atoms with E-state index in [1.807, 2.05) is 0 Å². The summed E-state index contributed by atoms with van der Waals surface area (Å²) in [5.41, 5.74) is 5.65. The first-order valence-corrected chi connectivity index (χ1v) is 5.86. The lowest BCUT2D eigenvalue weighted by Crippen LogP contribution is -2.14. The molecule has 0 spiro atoms. The van der Waals surface area contributed by atoms with E-state index in [1.165, 1.54) is 6.07 Å². The van der Waals surface area contributed by atoms with Crippen LogP contribution in [0.15, 0.2) is 22.8 Å². The highest BCUT2D eigenvalue weighted by Crippen LogP contribution is 2.29. The average Bonchev–Trinajstić information content (AvgIpc) is 2.66. The summed E-state index contributed by atoms with van der Waals surface area (Å²) in [5.74, 6) is -0.415. The van der Waals surface area contributed by atoms with Crippen LogP contribution in [0.3, 0.4) is 0 Å². The van der Waals surface area contributed by atoms with Crippen molar-refractivity contribution in [3.05, 3.63) is 32.9 Å². The van der Waals surface area contributed by atoms with Gasteiger partial charge in [-0.2, -0.15) is 5.10 Å². The summed E-state index contributed by atoms with van der Waals surface area (Å²) in [6, 6.07) is 3.02. The van der Waals surface area contributed by atoms with E-state index in [0.717, 1.165) is 0 Å². The van der Waals surface area contributed by atoms with Gasteiger partial charge in [0, 0.05) is 30.6 Å². The standard InChI is InChI=1S/C10H9BrN4O3/c11-7-4-8-6(3-9(7)15(17)18)5-14(13-8)2-1-10(12)16/h3-5H,1-2H2,(H2,12,16). The number of amides is 1. The number of hydrogen-bond donors (Lipinski definition) is 1. The SMILES string of the molecule is NC(=O)CCn1cc2cc([N+](=O)[O-])c(Br)cc2n1. The Bertz CT molecular complexity index is 637. The molecule has 1 aromatic carbocycles. The molecular formula is C10H9BrN4O3. The first kappa shape index (κ1) is 12.5. The van der Waals surface area contributed by atoms with Crippen LogP contribution in [0.25, 0.3) is 10.9 Å². The molecule has 2 rings (SSSR count). The molecule has 0 bridgehead atoms. The molecule has 0 aliphatic carbocycles. The number of carbonyl (C=O) groups is 1. The van der Waals surface area contributed by atoms with Crippen LogP contribution in [-0.4, -0.2) is 20.6 Å². The van der Waals surface area contributed by atoms with E-state index in [0.29, 0.717) is 21.9 Å². The molecule has 7 nitrogen and oxygen atoms in total. The fourth-order valence-corrected chi connectivity index (χ4v) is 2.04. The third-order valence-electron chi connectivity index (χ3n) is 2.40. The Kier molecular flexibility index (Phi) is 3.28. The topological polar surface area (TPSA) is 104 Å². The maximum atomic E-state index is 10.8. The minimum atomic E-state index is -0.468. The van der Waals surface area contributed by atoms with Gasteiger partial charge in [0.05, 0.1) is 14.9 Å². The van der Waals surface area contributed by atoms with Crippen LogP contribution in [0.2, 0.25) is 0 Å². The third kappa shape index (κ3) is 2.48. The average molecular weight is 313 g/mol. The fourth-order valence-electron chi connectivity index (χ4n) is 1.56. The van der Waals surface area contributed by atoms with E-state index in [4.69, 9.17) is 5.73 Å². The van der Waals surface area contributed by atoms with Crippen LogP contribution >= 0.6 is 15.9 Å². The molecule has 1 heterocycles. The van der Waals surface area contributed by atoms with Crippen molar-refractivity contribution in [1.29, 1.82) is 0 Å². The largest absolute Gasteiger partial charge is 0.370 e. The fraction of sp³-hybridized carbons (Fsp3) is 0.200. The lowest BCUT2D eigenvalue weighted by atomic mass is 10.2. The lowest BCUT2D eigenvalue weighted by molar-refractivity contribution is -0.385. The van der Waals surface area contributed by atoms with Crippen molar-refractivity contribution in [2.75, 3.05) is 0 Å². The minimum Gasteiger partial charge on any atom is -0.370 e. The molecule has 0 aliphatic rings. The first-order valence-electron chi connectivity index (χ1n) is 5.07. The van der Waals surface area contributed by atoms with Crippen molar-refractivity contribution < 1.29 is 9.72 Å². The summed E-state index contributed by atoms with van der Waals surface area (Å²) in [7, 11) is 0. The Labute approximate surface area is 110 Å². The van der Waals surface area contributed by atoms with Crippen LogP contribution in [-0.2, 0) is 11.3 Å². The summed E-state index contributed by atoms with van der Waals surface area (Å²) in [5, 5.41) is 15.6. The molecule has 0 saturated heterocycles. The molecule has 1 amide bonds. The number of primary amides is 1. The Morgan fingerprint density at radius 2 is 2.28 bits per heavy atom. The number of nitro benzene ring substituents is 1. The molecule has 0 aliphatic heterocycles. The molecule has 8 heteroatoms. The number of rotatable bonds is 4. The number of fused-ring (bicyclic) bond motifs is 1. The highest BCUT2D eigenvalue weighted by Gasteiger charge is 2.14. The number of nitrogens with zero attached hydrogens (tertiary/aromatic N) is 3. The third-order valence-corrected chi connectivity index (χ3v) is 3.04. The first-order chi connectivity index (χ1) is 8.47. The summed E-state index contributed by atoms with van der Waals surface area (Å²) in [6.45, 7) is 0.357. The van der Waals surface area contributed by atoms with Crippen molar-refractivity contribution in [3.8, 4) is 0 Å². The van der Waals surface area contributed by atoms with E-state index < -0.39 is 10.8 Å². The van der Waals surface area contributed by atoms with Gasteiger partial charge in [0.2, 0.25) is 5.91 Å². The molecule has 0 radical (unpaired) electrons. The number of carbonyl (C=O) groups excluding carboxylic acids is 1. The van der Waals surface area contributed by atoms with Gasteiger partial charge in [0.15, 0.2) is 0 Å². The molecule has 0 unspecified atom stereocenters. The summed E-state index contributed by atoms with van der Waals surface area (Å²) >= 11 is 3.12. The molecule has 0 atom stereocenters. The van der Waals surface area contributed by atoms with E-state index >= 15 is 0 Å². The van der Waals surface area contributed by atoms with E-state index in [1.54, 1.807) is 16.9 Å². The molecule has 1 aromatic heterocycles.